The van der Waals surface area contributed by atoms with E-state index < -0.39 is 0 Å². The minimum atomic E-state index is -0.247. The number of aromatic amines is 1. The zero-order chi connectivity index (χ0) is 12.8. The second-order valence-corrected chi connectivity index (χ2v) is 4.75. The summed E-state index contributed by atoms with van der Waals surface area (Å²) in [5, 5.41) is 13.0. The van der Waals surface area contributed by atoms with Gasteiger partial charge in [-0.2, -0.15) is 0 Å². The minimum Gasteiger partial charge on any atom is -0.397 e. The van der Waals surface area contributed by atoms with Crippen LogP contribution in [0.4, 0.5) is 11.4 Å². The molecule has 0 bridgehead atoms. The first-order valence-electron chi connectivity index (χ1n) is 5.79. The number of nitrogens with two attached hydrogens (primary N) is 1. The van der Waals surface area contributed by atoms with Crippen LogP contribution in [0.5, 0.6) is 0 Å². The second kappa shape index (κ2) is 3.71. The molecule has 0 spiro atoms. The maximum atomic E-state index is 11.6. The van der Waals surface area contributed by atoms with E-state index in [2.05, 4.69) is 15.3 Å². The van der Waals surface area contributed by atoms with Crippen LogP contribution in [-0.4, -0.2) is 27.2 Å². The topological polar surface area (TPSA) is 104 Å². The molecule has 1 saturated carbocycles. The lowest BCUT2D eigenvalue weighted by molar-refractivity contribution is 0.266. The molecule has 0 aliphatic heterocycles. The van der Waals surface area contributed by atoms with Crippen LogP contribution >= 0.6 is 0 Å². The van der Waals surface area contributed by atoms with Gasteiger partial charge >= 0.3 is 0 Å². The first kappa shape index (κ1) is 11.0. The molecule has 0 radical (unpaired) electrons. The standard InChI is InChI=1S/C12H14N4O2/c13-8-3-7-9(14-6-15-11(7)18)4-10(8)16-12(5-17)1-2-12/h3-4,6,16-17H,1-2,5,13H2,(H,14,15,18). The molecule has 6 heteroatoms. The number of fused-ring (bicyclic) bond motifs is 1. The zero-order valence-corrected chi connectivity index (χ0v) is 9.73. The van der Waals surface area contributed by atoms with Crippen molar-refractivity contribution in [3.63, 3.8) is 0 Å². The fourth-order valence-electron chi connectivity index (χ4n) is 2.00. The monoisotopic (exact) mass is 246 g/mol. The van der Waals surface area contributed by atoms with Crippen molar-refractivity contribution >= 4 is 22.3 Å². The van der Waals surface area contributed by atoms with Crippen LogP contribution in [0.3, 0.4) is 0 Å². The highest BCUT2D eigenvalue weighted by Crippen LogP contribution is 2.40. The number of aliphatic hydroxyl groups excluding tert-OH is 1. The van der Waals surface area contributed by atoms with Crippen molar-refractivity contribution in [2.45, 2.75) is 18.4 Å². The van der Waals surface area contributed by atoms with Crippen molar-refractivity contribution < 1.29 is 5.11 Å². The van der Waals surface area contributed by atoms with Gasteiger partial charge in [0.05, 0.1) is 40.8 Å². The largest absolute Gasteiger partial charge is 0.397 e. The normalized spacial score (nSPS) is 16.7. The molecule has 1 aromatic heterocycles. The number of nitrogens with zero attached hydrogens (tertiary/aromatic N) is 1. The van der Waals surface area contributed by atoms with Crippen molar-refractivity contribution in [1.29, 1.82) is 0 Å². The summed E-state index contributed by atoms with van der Waals surface area (Å²) in [5.41, 5.74) is 7.26. The molecule has 1 fully saturated rings. The van der Waals surface area contributed by atoms with Crippen LogP contribution in [-0.2, 0) is 0 Å². The fourth-order valence-corrected chi connectivity index (χ4v) is 2.00. The van der Waals surface area contributed by atoms with Crippen LogP contribution in [0.2, 0.25) is 0 Å². The lowest BCUT2D eigenvalue weighted by atomic mass is 10.1. The molecule has 0 unspecified atom stereocenters. The summed E-state index contributed by atoms with van der Waals surface area (Å²) in [5.74, 6) is 0. The molecule has 0 saturated heterocycles. The van der Waals surface area contributed by atoms with Crippen molar-refractivity contribution in [3.8, 4) is 0 Å². The number of H-pyrrole nitrogens is 1. The van der Waals surface area contributed by atoms with Gasteiger partial charge in [-0.25, -0.2) is 4.98 Å². The second-order valence-electron chi connectivity index (χ2n) is 4.75. The maximum absolute atomic E-state index is 11.6. The predicted molar refractivity (Wildman–Crippen MR) is 69.4 cm³/mol. The van der Waals surface area contributed by atoms with Gasteiger partial charge in [-0.05, 0) is 25.0 Å². The van der Waals surface area contributed by atoms with E-state index in [4.69, 9.17) is 5.73 Å². The van der Waals surface area contributed by atoms with E-state index in [1.54, 1.807) is 12.1 Å². The number of aromatic nitrogens is 2. The van der Waals surface area contributed by atoms with Gasteiger partial charge in [-0.1, -0.05) is 0 Å². The van der Waals surface area contributed by atoms with Gasteiger partial charge in [0.15, 0.2) is 0 Å². The van der Waals surface area contributed by atoms with Crippen LogP contribution in [0.15, 0.2) is 23.3 Å². The van der Waals surface area contributed by atoms with E-state index in [1.165, 1.54) is 6.33 Å². The Morgan fingerprint density at radius 2 is 2.28 bits per heavy atom. The summed E-state index contributed by atoms with van der Waals surface area (Å²) in [4.78, 5) is 18.2. The average Bonchev–Trinajstić information content (AvgIpc) is 3.12. The summed E-state index contributed by atoms with van der Waals surface area (Å²) < 4.78 is 0. The third-order valence-corrected chi connectivity index (χ3v) is 3.37. The smallest absolute Gasteiger partial charge is 0.258 e. The number of hydrogen-bond donors (Lipinski definition) is 4. The summed E-state index contributed by atoms with van der Waals surface area (Å²) in [6.45, 7) is 0.0767. The van der Waals surface area contributed by atoms with Gasteiger partial charge in [0, 0.05) is 0 Å². The summed E-state index contributed by atoms with van der Waals surface area (Å²) >= 11 is 0. The molecule has 2 aromatic rings. The van der Waals surface area contributed by atoms with E-state index >= 15 is 0 Å². The van der Waals surface area contributed by atoms with Crippen molar-refractivity contribution in [2.24, 2.45) is 0 Å². The third kappa shape index (κ3) is 1.70. The van der Waals surface area contributed by atoms with Crippen molar-refractivity contribution in [2.75, 3.05) is 17.7 Å². The summed E-state index contributed by atoms with van der Waals surface area (Å²) in [6.07, 6.45) is 3.21. The molecule has 1 aromatic carbocycles. The van der Waals surface area contributed by atoms with Gasteiger partial charge in [0.25, 0.3) is 5.56 Å². The fraction of sp³-hybridized carbons (Fsp3) is 0.333. The molecule has 1 heterocycles. The highest BCUT2D eigenvalue weighted by atomic mass is 16.3. The van der Waals surface area contributed by atoms with Crippen LogP contribution < -0.4 is 16.6 Å². The molecule has 0 amide bonds. The Hall–Kier alpha value is -2.08. The number of rotatable bonds is 3. The van der Waals surface area contributed by atoms with E-state index in [-0.39, 0.29) is 17.7 Å². The lowest BCUT2D eigenvalue weighted by Crippen LogP contribution is -2.26. The molecule has 1 aliphatic rings. The quantitative estimate of drug-likeness (QED) is 0.588. The molecule has 3 rings (SSSR count). The Balaban J connectivity index is 2.08. The minimum absolute atomic E-state index is 0.0767. The molecule has 1 aliphatic carbocycles. The molecule has 18 heavy (non-hydrogen) atoms. The zero-order valence-electron chi connectivity index (χ0n) is 9.73. The molecule has 0 atom stereocenters. The number of hydrogen-bond acceptors (Lipinski definition) is 5. The van der Waals surface area contributed by atoms with Gasteiger partial charge in [0.1, 0.15) is 0 Å². The Kier molecular flexibility index (Phi) is 2.27. The van der Waals surface area contributed by atoms with Crippen LogP contribution in [0.1, 0.15) is 12.8 Å². The Bertz CT molecular complexity index is 661. The molecular weight excluding hydrogens is 232 g/mol. The Labute approximate surface area is 103 Å². The first-order chi connectivity index (χ1) is 8.63. The molecule has 6 nitrogen and oxygen atoms in total. The third-order valence-electron chi connectivity index (χ3n) is 3.37. The number of benzene rings is 1. The summed E-state index contributed by atoms with van der Waals surface area (Å²) in [7, 11) is 0. The highest BCUT2D eigenvalue weighted by Gasteiger charge is 2.42. The Morgan fingerprint density at radius 1 is 1.50 bits per heavy atom. The number of anilines is 2. The van der Waals surface area contributed by atoms with Gasteiger partial charge in [-0.15, -0.1) is 0 Å². The highest BCUT2D eigenvalue weighted by molar-refractivity contribution is 5.88. The number of nitrogens with one attached hydrogen (secondary N) is 2. The lowest BCUT2D eigenvalue weighted by Gasteiger charge is -2.17. The van der Waals surface area contributed by atoms with E-state index in [0.717, 1.165) is 12.8 Å². The number of aliphatic hydroxyl groups is 1. The first-order valence-corrected chi connectivity index (χ1v) is 5.79. The number of nitrogen functional groups attached to an aromatic ring is 1. The predicted octanol–water partition coefficient (Wildman–Crippen LogP) is 0.442. The van der Waals surface area contributed by atoms with Crippen molar-refractivity contribution in [1.82, 2.24) is 9.97 Å². The average molecular weight is 246 g/mol. The molecule has 94 valence electrons. The summed E-state index contributed by atoms with van der Waals surface area (Å²) in [6, 6.07) is 3.35. The molecular formula is C12H14N4O2. The van der Waals surface area contributed by atoms with Gasteiger partial charge in [0.2, 0.25) is 0 Å². The van der Waals surface area contributed by atoms with E-state index in [1.807, 2.05) is 0 Å². The SMILES string of the molecule is Nc1cc2c(=O)[nH]cnc2cc1NC1(CO)CC1. The Morgan fingerprint density at radius 3 is 2.94 bits per heavy atom. The van der Waals surface area contributed by atoms with Crippen LogP contribution in [0.25, 0.3) is 10.9 Å². The maximum Gasteiger partial charge on any atom is 0.258 e. The van der Waals surface area contributed by atoms with Crippen molar-refractivity contribution in [3.05, 3.63) is 28.8 Å². The van der Waals surface area contributed by atoms with E-state index in [9.17, 15) is 9.90 Å². The molecule has 5 N–H and O–H groups in total. The van der Waals surface area contributed by atoms with E-state index in [0.29, 0.717) is 22.3 Å². The van der Waals surface area contributed by atoms with Crippen LogP contribution in [0, 0.1) is 0 Å². The van der Waals surface area contributed by atoms with Gasteiger partial charge in [-0.3, -0.25) is 4.79 Å². The van der Waals surface area contributed by atoms with Gasteiger partial charge < -0.3 is 21.1 Å².